The highest BCUT2D eigenvalue weighted by Crippen LogP contribution is 2.18. The molecule has 0 aliphatic carbocycles. The van der Waals surface area contributed by atoms with E-state index in [2.05, 4.69) is 12.2 Å². The summed E-state index contributed by atoms with van der Waals surface area (Å²) < 4.78 is 0. The first kappa shape index (κ1) is 13.0. The Morgan fingerprint density at radius 2 is 2.12 bits per heavy atom. The third-order valence-corrected chi connectivity index (χ3v) is 2.27. The maximum atomic E-state index is 10.7. The largest absolute Gasteiger partial charge is 0.375 e. The summed E-state index contributed by atoms with van der Waals surface area (Å²) in [6.07, 6.45) is -0.00894. The fourth-order valence-electron chi connectivity index (χ4n) is 1.24. The monoisotopic (exact) mass is 253 g/mol. The highest BCUT2D eigenvalue weighted by Gasteiger charge is 2.16. The zero-order valence-electron chi connectivity index (χ0n) is 8.79. The lowest BCUT2D eigenvalue weighted by molar-refractivity contribution is -0.385. The number of hydrogen-bond donors (Lipinski definition) is 3. The van der Waals surface area contributed by atoms with Gasteiger partial charge in [-0.15, -0.1) is 0 Å². The standard InChI is InChI=1S/C9H11N5O2S/c10-8(13(12)9(11)17)5-6-3-1-2-4-7(6)14(15)16/h1-4,10H,5,12H2,(H2,11,17). The molecule has 0 bridgehead atoms. The first-order chi connectivity index (χ1) is 7.93. The number of hydrazine groups is 1. The molecule has 0 heterocycles. The number of para-hydroxylation sites is 1. The summed E-state index contributed by atoms with van der Waals surface area (Å²) in [6.45, 7) is 0. The smallest absolute Gasteiger partial charge is 0.273 e. The van der Waals surface area contributed by atoms with Crippen LogP contribution in [0.3, 0.4) is 0 Å². The van der Waals surface area contributed by atoms with Gasteiger partial charge < -0.3 is 5.73 Å². The highest BCUT2D eigenvalue weighted by molar-refractivity contribution is 7.80. The number of rotatable bonds is 3. The molecule has 1 aromatic carbocycles. The number of thiocarbonyl (C=S) groups is 1. The van der Waals surface area contributed by atoms with E-state index in [0.29, 0.717) is 5.56 Å². The van der Waals surface area contributed by atoms with Crippen LogP contribution >= 0.6 is 12.2 Å². The van der Waals surface area contributed by atoms with Crippen LogP contribution in [-0.4, -0.2) is 20.9 Å². The molecule has 1 rings (SSSR count). The number of nitrogens with two attached hydrogens (primary N) is 2. The lowest BCUT2D eigenvalue weighted by Crippen LogP contribution is -2.46. The van der Waals surface area contributed by atoms with Crippen LogP contribution in [0.4, 0.5) is 5.69 Å². The maximum absolute atomic E-state index is 10.7. The molecule has 1 aromatic rings. The quantitative estimate of drug-likeness (QED) is 0.180. The highest BCUT2D eigenvalue weighted by atomic mass is 32.1. The van der Waals surface area contributed by atoms with Crippen molar-refractivity contribution in [1.29, 1.82) is 5.41 Å². The Kier molecular flexibility index (Phi) is 4.07. The molecular formula is C9H11N5O2S. The SMILES string of the molecule is N=C(Cc1ccccc1[N+](=O)[O-])N(N)C(N)=S. The zero-order chi connectivity index (χ0) is 13.0. The molecule has 8 heteroatoms. The molecule has 5 N–H and O–H groups in total. The zero-order valence-corrected chi connectivity index (χ0v) is 9.61. The van der Waals surface area contributed by atoms with E-state index in [-0.39, 0.29) is 23.1 Å². The lowest BCUT2D eigenvalue weighted by Gasteiger charge is -2.16. The second-order valence-corrected chi connectivity index (χ2v) is 3.64. The van der Waals surface area contributed by atoms with Crippen molar-refractivity contribution in [3.05, 3.63) is 39.9 Å². The van der Waals surface area contributed by atoms with Gasteiger partial charge in [-0.05, 0) is 12.2 Å². The number of nitrogens with zero attached hydrogens (tertiary/aromatic N) is 2. The van der Waals surface area contributed by atoms with E-state index in [1.165, 1.54) is 6.07 Å². The molecule has 0 amide bonds. The predicted octanol–water partition coefficient (Wildman–Crippen LogP) is 0.534. The molecule has 0 saturated heterocycles. The number of amidine groups is 1. The van der Waals surface area contributed by atoms with E-state index in [0.717, 1.165) is 5.01 Å². The van der Waals surface area contributed by atoms with E-state index in [9.17, 15) is 10.1 Å². The summed E-state index contributed by atoms with van der Waals surface area (Å²) in [5.41, 5.74) is 5.57. The Morgan fingerprint density at radius 1 is 1.53 bits per heavy atom. The van der Waals surface area contributed by atoms with E-state index in [1.54, 1.807) is 18.2 Å². The molecule has 0 aromatic heterocycles. The Bertz CT molecular complexity index is 476. The van der Waals surface area contributed by atoms with Crippen LogP contribution in [0.1, 0.15) is 5.56 Å². The van der Waals surface area contributed by atoms with E-state index >= 15 is 0 Å². The second kappa shape index (κ2) is 5.32. The van der Waals surface area contributed by atoms with Gasteiger partial charge in [-0.2, -0.15) is 0 Å². The maximum Gasteiger partial charge on any atom is 0.273 e. The lowest BCUT2D eigenvalue weighted by atomic mass is 10.1. The van der Waals surface area contributed by atoms with Gasteiger partial charge in [-0.1, -0.05) is 18.2 Å². The number of nitro benzene ring substituents is 1. The molecule has 17 heavy (non-hydrogen) atoms. The second-order valence-electron chi connectivity index (χ2n) is 3.22. The number of benzene rings is 1. The van der Waals surface area contributed by atoms with Crippen LogP contribution in [0.25, 0.3) is 0 Å². The summed E-state index contributed by atoms with van der Waals surface area (Å²) >= 11 is 4.60. The van der Waals surface area contributed by atoms with Crippen molar-refractivity contribution in [3.63, 3.8) is 0 Å². The van der Waals surface area contributed by atoms with Crippen molar-refractivity contribution in [2.75, 3.05) is 0 Å². The van der Waals surface area contributed by atoms with Crippen molar-refractivity contribution >= 4 is 28.9 Å². The first-order valence-corrected chi connectivity index (χ1v) is 4.98. The van der Waals surface area contributed by atoms with E-state index < -0.39 is 4.92 Å². The molecule has 0 aliphatic rings. The van der Waals surface area contributed by atoms with Crippen LogP contribution in [0.15, 0.2) is 24.3 Å². The fraction of sp³-hybridized carbons (Fsp3) is 0.111. The average Bonchev–Trinajstić information content (AvgIpc) is 2.28. The van der Waals surface area contributed by atoms with E-state index in [1.807, 2.05) is 0 Å². The third kappa shape index (κ3) is 3.20. The van der Waals surface area contributed by atoms with E-state index in [4.69, 9.17) is 17.0 Å². The van der Waals surface area contributed by atoms with Gasteiger partial charge in [0.1, 0.15) is 5.84 Å². The van der Waals surface area contributed by atoms with Crippen molar-refractivity contribution in [1.82, 2.24) is 5.01 Å². The summed E-state index contributed by atoms with van der Waals surface area (Å²) in [6, 6.07) is 6.13. The minimum absolute atomic E-state index is 0.00894. The van der Waals surface area contributed by atoms with Crippen LogP contribution in [-0.2, 0) is 6.42 Å². The summed E-state index contributed by atoms with van der Waals surface area (Å²) in [5, 5.41) is 19.0. The molecule has 0 atom stereocenters. The van der Waals surface area contributed by atoms with Crippen LogP contribution in [0.5, 0.6) is 0 Å². The molecule has 0 spiro atoms. The topological polar surface area (TPSA) is 122 Å². The first-order valence-electron chi connectivity index (χ1n) is 4.57. The van der Waals surface area contributed by atoms with Gasteiger partial charge in [-0.25, -0.2) is 10.9 Å². The van der Waals surface area contributed by atoms with Gasteiger partial charge in [0, 0.05) is 18.1 Å². The van der Waals surface area contributed by atoms with Gasteiger partial charge in [0.05, 0.1) is 4.92 Å². The number of nitrogens with one attached hydrogen (secondary N) is 1. The van der Waals surface area contributed by atoms with Crippen LogP contribution in [0.2, 0.25) is 0 Å². The van der Waals surface area contributed by atoms with Gasteiger partial charge in [0.2, 0.25) is 0 Å². The summed E-state index contributed by atoms with van der Waals surface area (Å²) in [5.74, 6) is 5.30. The minimum Gasteiger partial charge on any atom is -0.375 e. The molecular weight excluding hydrogens is 242 g/mol. The third-order valence-electron chi connectivity index (χ3n) is 2.07. The predicted molar refractivity (Wildman–Crippen MR) is 67.3 cm³/mol. The summed E-state index contributed by atoms with van der Waals surface area (Å²) in [7, 11) is 0. The minimum atomic E-state index is -0.510. The van der Waals surface area contributed by atoms with Gasteiger partial charge in [0.25, 0.3) is 5.69 Å². The fourth-order valence-corrected chi connectivity index (χ4v) is 1.35. The number of hydrogen-bond acceptors (Lipinski definition) is 5. The normalized spacial score (nSPS) is 9.71. The molecule has 0 unspecified atom stereocenters. The van der Waals surface area contributed by atoms with Gasteiger partial charge in [0.15, 0.2) is 5.11 Å². The molecule has 0 fully saturated rings. The summed E-state index contributed by atoms with van der Waals surface area (Å²) in [4.78, 5) is 10.2. The Labute approximate surface area is 103 Å². The van der Waals surface area contributed by atoms with Crippen LogP contribution < -0.4 is 11.6 Å². The molecule has 0 saturated carbocycles. The Hall–Kier alpha value is -2.06. The molecule has 0 radical (unpaired) electrons. The van der Waals surface area contributed by atoms with Gasteiger partial charge >= 0.3 is 0 Å². The van der Waals surface area contributed by atoms with Crippen molar-refractivity contribution in [3.8, 4) is 0 Å². The average molecular weight is 253 g/mol. The van der Waals surface area contributed by atoms with Crippen LogP contribution in [0, 0.1) is 15.5 Å². The Balaban J connectivity index is 2.92. The molecule has 0 aliphatic heterocycles. The molecule has 90 valence electrons. The van der Waals surface area contributed by atoms with Gasteiger partial charge in [-0.3, -0.25) is 15.5 Å². The van der Waals surface area contributed by atoms with Crippen molar-refractivity contribution in [2.45, 2.75) is 6.42 Å². The van der Waals surface area contributed by atoms with Crippen molar-refractivity contribution in [2.24, 2.45) is 11.6 Å². The van der Waals surface area contributed by atoms with Crippen molar-refractivity contribution < 1.29 is 4.92 Å². The molecule has 7 nitrogen and oxygen atoms in total. The number of nitro groups is 1. The Morgan fingerprint density at radius 3 is 2.65 bits per heavy atom.